The number of aryl methyl sites for hydroxylation is 1. The van der Waals surface area contributed by atoms with Crippen LogP contribution >= 0.6 is 0 Å². The number of likely N-dealkylation sites (tertiary alicyclic amines) is 1. The molecule has 1 aliphatic heterocycles. The number of piperidine rings is 1. The van der Waals surface area contributed by atoms with E-state index < -0.39 is 6.10 Å². The zero-order valence-electron chi connectivity index (χ0n) is 14.2. The van der Waals surface area contributed by atoms with E-state index in [-0.39, 0.29) is 0 Å². The number of rotatable bonds is 7. The highest BCUT2D eigenvalue weighted by molar-refractivity contribution is 5.27. The van der Waals surface area contributed by atoms with Crippen molar-refractivity contribution in [2.45, 2.75) is 44.9 Å². The largest absolute Gasteiger partial charge is 0.491 e. The Morgan fingerprint density at radius 3 is 3.08 bits per heavy atom. The molecule has 6 nitrogen and oxygen atoms in total. The molecule has 1 fully saturated rings. The van der Waals surface area contributed by atoms with Gasteiger partial charge in [0.15, 0.2) is 0 Å². The summed E-state index contributed by atoms with van der Waals surface area (Å²) in [6.45, 7) is 4.82. The Morgan fingerprint density at radius 2 is 2.29 bits per heavy atom. The van der Waals surface area contributed by atoms with Gasteiger partial charge in [0.05, 0.1) is 6.54 Å². The molecule has 2 heterocycles. The monoisotopic (exact) mass is 330 g/mol. The zero-order valence-corrected chi connectivity index (χ0v) is 14.2. The molecule has 0 spiro atoms. The number of hydrogen-bond donors (Lipinski definition) is 1. The number of ether oxygens (including phenoxy) is 1. The number of benzene rings is 1. The number of aliphatic hydroxyl groups is 1. The second kappa shape index (κ2) is 8.26. The average Bonchev–Trinajstić information content (AvgIpc) is 3.08. The van der Waals surface area contributed by atoms with Crippen LogP contribution in [0.4, 0.5) is 0 Å². The van der Waals surface area contributed by atoms with E-state index in [1.165, 1.54) is 12.8 Å². The minimum absolute atomic E-state index is 0.315. The van der Waals surface area contributed by atoms with Crippen LogP contribution in [-0.4, -0.2) is 56.6 Å². The van der Waals surface area contributed by atoms with Gasteiger partial charge in [-0.2, -0.15) is 5.10 Å². The lowest BCUT2D eigenvalue weighted by Gasteiger charge is -2.36. The predicted octanol–water partition coefficient (Wildman–Crippen LogP) is 1.88. The van der Waals surface area contributed by atoms with Crippen LogP contribution in [0.2, 0.25) is 0 Å². The molecule has 0 radical (unpaired) electrons. The lowest BCUT2D eigenvalue weighted by Crippen LogP contribution is -2.46. The van der Waals surface area contributed by atoms with Crippen LogP contribution in [0.15, 0.2) is 36.9 Å². The first-order valence-electron chi connectivity index (χ1n) is 8.65. The van der Waals surface area contributed by atoms with Gasteiger partial charge in [0.1, 0.15) is 31.1 Å². The molecule has 0 saturated carbocycles. The van der Waals surface area contributed by atoms with Crippen molar-refractivity contribution in [3.05, 3.63) is 42.5 Å². The summed E-state index contributed by atoms with van der Waals surface area (Å²) >= 11 is 0. The van der Waals surface area contributed by atoms with Crippen LogP contribution in [0, 0.1) is 6.92 Å². The summed E-state index contributed by atoms with van der Waals surface area (Å²) in [7, 11) is 0. The maximum absolute atomic E-state index is 10.4. The van der Waals surface area contributed by atoms with E-state index in [0.717, 1.165) is 30.8 Å². The summed E-state index contributed by atoms with van der Waals surface area (Å²) in [5, 5.41) is 14.6. The van der Waals surface area contributed by atoms with Crippen molar-refractivity contribution in [1.82, 2.24) is 19.7 Å². The number of β-amino-alcohol motifs (C(OH)–C–C–N with tert-alkyl or cyclic N) is 1. The van der Waals surface area contributed by atoms with E-state index in [1.54, 1.807) is 12.7 Å². The third-order valence-corrected chi connectivity index (χ3v) is 4.49. The molecular formula is C18H26N4O2. The Hall–Kier alpha value is -1.92. The van der Waals surface area contributed by atoms with Crippen LogP contribution in [0.1, 0.15) is 24.8 Å². The fourth-order valence-corrected chi connectivity index (χ4v) is 3.27. The molecule has 0 amide bonds. The molecule has 2 atom stereocenters. The fourth-order valence-electron chi connectivity index (χ4n) is 3.27. The van der Waals surface area contributed by atoms with Gasteiger partial charge in [-0.1, -0.05) is 18.6 Å². The summed E-state index contributed by atoms with van der Waals surface area (Å²) in [5.41, 5.74) is 1.16. The van der Waals surface area contributed by atoms with Crippen molar-refractivity contribution >= 4 is 0 Å². The fraction of sp³-hybridized carbons (Fsp3) is 0.556. The van der Waals surface area contributed by atoms with Crippen molar-refractivity contribution in [2.75, 3.05) is 19.7 Å². The molecule has 6 heteroatoms. The van der Waals surface area contributed by atoms with Crippen LogP contribution < -0.4 is 4.74 Å². The SMILES string of the molecule is Cc1cccc(OCC(O)CN2CCCCC2Cn2cncn2)c1. The summed E-state index contributed by atoms with van der Waals surface area (Å²) < 4.78 is 7.60. The number of nitrogens with zero attached hydrogens (tertiary/aromatic N) is 4. The third kappa shape index (κ3) is 4.79. The first kappa shape index (κ1) is 16.9. The van der Waals surface area contributed by atoms with E-state index in [1.807, 2.05) is 35.9 Å². The maximum atomic E-state index is 10.4. The van der Waals surface area contributed by atoms with Gasteiger partial charge in [0.25, 0.3) is 0 Å². The average molecular weight is 330 g/mol. The highest BCUT2D eigenvalue weighted by Gasteiger charge is 2.25. The molecule has 3 rings (SSSR count). The van der Waals surface area contributed by atoms with Crippen LogP contribution in [0.25, 0.3) is 0 Å². The van der Waals surface area contributed by atoms with Crippen LogP contribution in [0.5, 0.6) is 5.75 Å². The quantitative estimate of drug-likeness (QED) is 0.840. The van der Waals surface area contributed by atoms with Gasteiger partial charge in [0.2, 0.25) is 0 Å². The van der Waals surface area contributed by atoms with Crippen molar-refractivity contribution in [3.8, 4) is 5.75 Å². The van der Waals surface area contributed by atoms with Gasteiger partial charge < -0.3 is 9.84 Å². The molecule has 2 unspecified atom stereocenters. The van der Waals surface area contributed by atoms with E-state index in [2.05, 4.69) is 15.0 Å². The molecule has 24 heavy (non-hydrogen) atoms. The van der Waals surface area contributed by atoms with Crippen LogP contribution in [0.3, 0.4) is 0 Å². The second-order valence-electron chi connectivity index (χ2n) is 6.54. The lowest BCUT2D eigenvalue weighted by molar-refractivity contribution is 0.0345. The molecule has 1 aliphatic rings. The molecule has 130 valence electrons. The first-order valence-corrected chi connectivity index (χ1v) is 8.65. The van der Waals surface area contributed by atoms with E-state index >= 15 is 0 Å². The smallest absolute Gasteiger partial charge is 0.137 e. The van der Waals surface area contributed by atoms with Crippen molar-refractivity contribution in [2.24, 2.45) is 0 Å². The zero-order chi connectivity index (χ0) is 16.8. The Bertz CT molecular complexity index is 617. The maximum Gasteiger partial charge on any atom is 0.137 e. The Kier molecular flexibility index (Phi) is 5.82. The minimum atomic E-state index is -0.498. The van der Waals surface area contributed by atoms with E-state index in [0.29, 0.717) is 19.2 Å². The molecule has 0 bridgehead atoms. The van der Waals surface area contributed by atoms with E-state index in [9.17, 15) is 5.11 Å². The first-order chi connectivity index (χ1) is 11.7. The van der Waals surface area contributed by atoms with Crippen molar-refractivity contribution < 1.29 is 9.84 Å². The Labute approximate surface area is 143 Å². The van der Waals surface area contributed by atoms with Gasteiger partial charge in [-0.25, -0.2) is 4.98 Å². The summed E-state index contributed by atoms with van der Waals surface area (Å²) in [5.74, 6) is 0.812. The van der Waals surface area contributed by atoms with Crippen molar-refractivity contribution in [1.29, 1.82) is 0 Å². The van der Waals surface area contributed by atoms with Gasteiger partial charge in [0, 0.05) is 12.6 Å². The molecular weight excluding hydrogens is 304 g/mol. The third-order valence-electron chi connectivity index (χ3n) is 4.49. The Balaban J connectivity index is 1.50. The number of aliphatic hydroxyl groups excluding tert-OH is 1. The molecule has 1 aromatic carbocycles. The van der Waals surface area contributed by atoms with Gasteiger partial charge in [-0.05, 0) is 44.0 Å². The number of aromatic nitrogens is 3. The van der Waals surface area contributed by atoms with Crippen molar-refractivity contribution in [3.63, 3.8) is 0 Å². The Morgan fingerprint density at radius 1 is 1.38 bits per heavy atom. The van der Waals surface area contributed by atoms with E-state index in [4.69, 9.17) is 4.74 Å². The molecule has 0 aliphatic carbocycles. The minimum Gasteiger partial charge on any atom is -0.491 e. The van der Waals surface area contributed by atoms with Gasteiger partial charge >= 0.3 is 0 Å². The molecule has 1 aromatic heterocycles. The highest BCUT2D eigenvalue weighted by Crippen LogP contribution is 2.19. The lowest BCUT2D eigenvalue weighted by atomic mass is 10.0. The van der Waals surface area contributed by atoms with Gasteiger partial charge in [-0.3, -0.25) is 9.58 Å². The standard InChI is InChI=1S/C18H26N4O2/c1-15-5-4-7-18(9-15)24-12-17(23)11-21-8-3-2-6-16(21)10-22-14-19-13-20-22/h4-5,7,9,13-14,16-17,23H,2-3,6,8,10-12H2,1H3. The summed E-state index contributed by atoms with van der Waals surface area (Å²) in [6.07, 6.45) is 6.36. The topological polar surface area (TPSA) is 63.4 Å². The summed E-state index contributed by atoms with van der Waals surface area (Å²) in [6, 6.07) is 8.31. The summed E-state index contributed by atoms with van der Waals surface area (Å²) in [4.78, 5) is 6.36. The normalized spacial score (nSPS) is 20.0. The predicted molar refractivity (Wildman–Crippen MR) is 91.9 cm³/mol. The van der Waals surface area contributed by atoms with Crippen LogP contribution in [-0.2, 0) is 6.54 Å². The van der Waals surface area contributed by atoms with Gasteiger partial charge in [-0.15, -0.1) is 0 Å². The molecule has 1 N–H and O–H groups in total. The molecule has 2 aromatic rings. The number of hydrogen-bond acceptors (Lipinski definition) is 5. The second-order valence-corrected chi connectivity index (χ2v) is 6.54. The highest BCUT2D eigenvalue weighted by atomic mass is 16.5. The molecule has 1 saturated heterocycles.